The maximum Gasteiger partial charge on any atom is 0.238 e. The van der Waals surface area contributed by atoms with Gasteiger partial charge in [-0.1, -0.05) is 48.9 Å². The SMILES string of the molecule is CCc1ccccc1NC(=O)CN1CCN(C(=O)CN2CCN(Cc3ccc(Cl)cc3)CC2)CC1. The first-order valence-electron chi connectivity index (χ1n) is 12.6. The molecule has 2 fully saturated rings. The smallest absolute Gasteiger partial charge is 0.238 e. The van der Waals surface area contributed by atoms with E-state index in [9.17, 15) is 9.59 Å². The van der Waals surface area contributed by atoms with E-state index in [0.29, 0.717) is 26.2 Å². The highest BCUT2D eigenvalue weighted by molar-refractivity contribution is 6.30. The van der Waals surface area contributed by atoms with E-state index in [0.717, 1.165) is 68.5 Å². The fourth-order valence-corrected chi connectivity index (χ4v) is 4.87. The lowest BCUT2D eigenvalue weighted by molar-refractivity contribution is -0.134. The monoisotopic (exact) mass is 497 g/mol. The van der Waals surface area contributed by atoms with Gasteiger partial charge in [0.05, 0.1) is 13.1 Å². The Morgan fingerprint density at radius 2 is 1.40 bits per heavy atom. The second-order valence-electron chi connectivity index (χ2n) is 9.39. The summed E-state index contributed by atoms with van der Waals surface area (Å²) in [4.78, 5) is 34.2. The van der Waals surface area contributed by atoms with E-state index < -0.39 is 0 Å². The molecule has 0 saturated carbocycles. The number of hydrogen-bond acceptors (Lipinski definition) is 5. The first-order valence-corrected chi connectivity index (χ1v) is 12.9. The van der Waals surface area contributed by atoms with Crippen LogP contribution >= 0.6 is 11.6 Å². The van der Waals surface area contributed by atoms with Crippen LogP contribution in [0.15, 0.2) is 48.5 Å². The molecule has 188 valence electrons. The molecule has 7 nitrogen and oxygen atoms in total. The fourth-order valence-electron chi connectivity index (χ4n) is 4.74. The average molecular weight is 498 g/mol. The summed E-state index contributed by atoms with van der Waals surface area (Å²) in [6.45, 7) is 10.4. The van der Waals surface area contributed by atoms with Crippen molar-refractivity contribution in [3.05, 3.63) is 64.7 Å². The number of rotatable bonds is 8. The summed E-state index contributed by atoms with van der Waals surface area (Å²) >= 11 is 5.98. The third-order valence-corrected chi connectivity index (χ3v) is 7.16. The van der Waals surface area contributed by atoms with Crippen LogP contribution in [0.4, 0.5) is 5.69 Å². The van der Waals surface area contributed by atoms with Crippen LogP contribution in [0.25, 0.3) is 0 Å². The van der Waals surface area contributed by atoms with E-state index >= 15 is 0 Å². The summed E-state index contributed by atoms with van der Waals surface area (Å²) in [6.07, 6.45) is 0.884. The highest BCUT2D eigenvalue weighted by Crippen LogP contribution is 2.16. The summed E-state index contributed by atoms with van der Waals surface area (Å²) in [5, 5.41) is 3.80. The van der Waals surface area contributed by atoms with Gasteiger partial charge in [-0.05, 0) is 35.7 Å². The number of carbonyl (C=O) groups excluding carboxylic acids is 2. The predicted molar refractivity (Wildman–Crippen MR) is 141 cm³/mol. The maximum atomic E-state index is 12.9. The van der Waals surface area contributed by atoms with Crippen molar-refractivity contribution in [2.75, 3.05) is 70.8 Å². The van der Waals surface area contributed by atoms with Gasteiger partial charge in [-0.15, -0.1) is 0 Å². The molecule has 0 atom stereocenters. The molecular weight excluding hydrogens is 462 g/mol. The van der Waals surface area contributed by atoms with Crippen molar-refractivity contribution in [3.63, 3.8) is 0 Å². The van der Waals surface area contributed by atoms with Gasteiger partial charge in [0.1, 0.15) is 0 Å². The van der Waals surface area contributed by atoms with Crippen LogP contribution in [-0.2, 0) is 22.6 Å². The van der Waals surface area contributed by atoms with Gasteiger partial charge in [0.15, 0.2) is 0 Å². The first kappa shape index (κ1) is 25.6. The van der Waals surface area contributed by atoms with E-state index in [1.165, 1.54) is 5.56 Å². The molecule has 2 aromatic rings. The molecule has 0 spiro atoms. The van der Waals surface area contributed by atoms with Gasteiger partial charge in [0, 0.05) is 69.6 Å². The summed E-state index contributed by atoms with van der Waals surface area (Å²) < 4.78 is 0. The molecule has 2 amide bonds. The molecule has 2 saturated heterocycles. The van der Waals surface area contributed by atoms with Crippen molar-refractivity contribution >= 4 is 29.1 Å². The molecule has 2 aromatic carbocycles. The number of piperazine rings is 2. The topological polar surface area (TPSA) is 59.1 Å². The van der Waals surface area contributed by atoms with Crippen LogP contribution in [0.3, 0.4) is 0 Å². The fraction of sp³-hybridized carbons (Fsp3) is 0.481. The Labute approximate surface area is 213 Å². The van der Waals surface area contributed by atoms with Gasteiger partial charge in [-0.2, -0.15) is 0 Å². The van der Waals surface area contributed by atoms with E-state index in [1.807, 2.05) is 41.3 Å². The minimum absolute atomic E-state index is 0.00199. The lowest BCUT2D eigenvalue weighted by atomic mass is 10.1. The number of para-hydroxylation sites is 1. The number of aryl methyl sites for hydroxylation is 1. The van der Waals surface area contributed by atoms with Gasteiger partial charge in [0.25, 0.3) is 0 Å². The minimum Gasteiger partial charge on any atom is -0.339 e. The molecule has 0 aliphatic carbocycles. The second kappa shape index (κ2) is 12.5. The van der Waals surface area contributed by atoms with E-state index in [-0.39, 0.29) is 11.8 Å². The minimum atomic E-state index is 0.00199. The highest BCUT2D eigenvalue weighted by Gasteiger charge is 2.25. The molecule has 0 aromatic heterocycles. The van der Waals surface area contributed by atoms with Crippen molar-refractivity contribution in [1.29, 1.82) is 0 Å². The summed E-state index contributed by atoms with van der Waals surface area (Å²) in [5.41, 5.74) is 3.30. The number of hydrogen-bond donors (Lipinski definition) is 1. The standard InChI is InChI=1S/C27H36ClN5O2/c1-2-23-5-3-4-6-25(23)29-26(34)20-31-15-17-33(18-16-31)27(35)21-32-13-11-30(12-14-32)19-22-7-9-24(28)10-8-22/h3-10H,2,11-21H2,1H3,(H,29,34). The molecule has 2 heterocycles. The number of nitrogens with zero attached hydrogens (tertiary/aromatic N) is 4. The van der Waals surface area contributed by atoms with Crippen LogP contribution in [-0.4, -0.2) is 96.9 Å². The summed E-state index contributed by atoms with van der Waals surface area (Å²) in [7, 11) is 0. The molecule has 1 N–H and O–H groups in total. The molecular formula is C27H36ClN5O2. The molecule has 0 unspecified atom stereocenters. The number of anilines is 1. The zero-order chi connectivity index (χ0) is 24.6. The normalized spacial score (nSPS) is 17.9. The van der Waals surface area contributed by atoms with E-state index in [1.54, 1.807) is 0 Å². The molecule has 35 heavy (non-hydrogen) atoms. The van der Waals surface area contributed by atoms with Crippen LogP contribution in [0.2, 0.25) is 5.02 Å². The number of halogens is 1. The Morgan fingerprint density at radius 1 is 0.800 bits per heavy atom. The molecule has 0 bridgehead atoms. The van der Waals surface area contributed by atoms with Gasteiger partial charge < -0.3 is 10.2 Å². The summed E-state index contributed by atoms with van der Waals surface area (Å²) in [6, 6.07) is 15.9. The van der Waals surface area contributed by atoms with Gasteiger partial charge >= 0.3 is 0 Å². The van der Waals surface area contributed by atoms with E-state index in [2.05, 4.69) is 39.1 Å². The van der Waals surface area contributed by atoms with Crippen molar-refractivity contribution in [1.82, 2.24) is 19.6 Å². The Bertz CT molecular complexity index is 983. The highest BCUT2D eigenvalue weighted by atomic mass is 35.5. The molecule has 2 aliphatic rings. The average Bonchev–Trinajstić information content (AvgIpc) is 2.87. The van der Waals surface area contributed by atoms with Crippen LogP contribution in [0.5, 0.6) is 0 Å². The van der Waals surface area contributed by atoms with Crippen LogP contribution < -0.4 is 5.32 Å². The molecule has 0 radical (unpaired) electrons. The molecule has 4 rings (SSSR count). The lowest BCUT2D eigenvalue weighted by Crippen LogP contribution is -2.54. The van der Waals surface area contributed by atoms with E-state index in [4.69, 9.17) is 11.6 Å². The van der Waals surface area contributed by atoms with Gasteiger partial charge in [0.2, 0.25) is 11.8 Å². The Balaban J connectivity index is 1.14. The largest absolute Gasteiger partial charge is 0.339 e. The van der Waals surface area contributed by atoms with Crippen molar-refractivity contribution < 1.29 is 9.59 Å². The number of benzene rings is 2. The quantitative estimate of drug-likeness (QED) is 0.607. The number of carbonyl (C=O) groups is 2. The molecule has 8 heteroatoms. The van der Waals surface area contributed by atoms with Crippen molar-refractivity contribution in [2.24, 2.45) is 0 Å². The second-order valence-corrected chi connectivity index (χ2v) is 9.83. The third kappa shape index (κ3) is 7.51. The van der Waals surface area contributed by atoms with Crippen molar-refractivity contribution in [3.8, 4) is 0 Å². The predicted octanol–water partition coefficient (Wildman–Crippen LogP) is 2.80. The Kier molecular flexibility index (Phi) is 9.15. The third-order valence-electron chi connectivity index (χ3n) is 6.91. The lowest BCUT2D eigenvalue weighted by Gasteiger charge is -2.37. The van der Waals surface area contributed by atoms with Crippen LogP contribution in [0, 0.1) is 0 Å². The Hall–Kier alpha value is -2.45. The van der Waals surface area contributed by atoms with Gasteiger partial charge in [-0.25, -0.2) is 0 Å². The van der Waals surface area contributed by atoms with Crippen molar-refractivity contribution in [2.45, 2.75) is 19.9 Å². The summed E-state index contributed by atoms with van der Waals surface area (Å²) in [5.74, 6) is 0.194. The van der Waals surface area contributed by atoms with Crippen LogP contribution in [0.1, 0.15) is 18.1 Å². The zero-order valence-corrected chi connectivity index (χ0v) is 21.3. The molecule has 2 aliphatic heterocycles. The number of amides is 2. The maximum absolute atomic E-state index is 12.9. The Morgan fingerprint density at radius 3 is 2.09 bits per heavy atom. The zero-order valence-electron chi connectivity index (χ0n) is 20.6. The van der Waals surface area contributed by atoms with Gasteiger partial charge in [-0.3, -0.25) is 24.3 Å². The first-order chi connectivity index (χ1) is 17.0. The number of nitrogens with one attached hydrogen (secondary N) is 1.